The molecule has 2 heterocycles. The van der Waals surface area contributed by atoms with Gasteiger partial charge in [-0.2, -0.15) is 4.40 Å². The summed E-state index contributed by atoms with van der Waals surface area (Å²) in [5.41, 5.74) is 7.93. The molecule has 0 radical (unpaired) electrons. The lowest BCUT2D eigenvalue weighted by Crippen LogP contribution is -2.31. The molecule has 2 aromatic carbocycles. The predicted octanol–water partition coefficient (Wildman–Crippen LogP) is 6.46. The van der Waals surface area contributed by atoms with Crippen LogP contribution in [-0.2, 0) is 0 Å². The Morgan fingerprint density at radius 2 is 1.47 bits per heavy atom. The van der Waals surface area contributed by atoms with Gasteiger partial charge in [0.15, 0.2) is 11.0 Å². The molecule has 0 aliphatic heterocycles. The molecule has 4 rings (SSSR count). The van der Waals surface area contributed by atoms with Gasteiger partial charge in [-0.3, -0.25) is 0 Å². The maximum absolute atomic E-state index is 2.44. The van der Waals surface area contributed by atoms with Crippen LogP contribution in [-0.4, -0.2) is 17.5 Å². The van der Waals surface area contributed by atoms with Crippen LogP contribution in [0.3, 0.4) is 0 Å². The fourth-order valence-electron chi connectivity index (χ4n) is 4.61. The van der Waals surface area contributed by atoms with E-state index in [1.807, 2.05) is 0 Å². The molecule has 0 amide bonds. The molecule has 0 saturated heterocycles. The van der Waals surface area contributed by atoms with E-state index in [0.29, 0.717) is 11.8 Å². The fourth-order valence-corrected chi connectivity index (χ4v) is 4.61. The maximum atomic E-state index is 2.44. The van der Waals surface area contributed by atoms with Crippen molar-refractivity contribution in [2.75, 3.05) is 18.0 Å². The van der Waals surface area contributed by atoms with Gasteiger partial charge >= 0.3 is 0 Å². The zero-order chi connectivity index (χ0) is 21.4. The molecule has 2 aromatic heterocycles. The number of benzene rings is 2. The minimum Gasteiger partial charge on any atom is -0.369 e. The average molecular weight is 401 g/mol. The van der Waals surface area contributed by atoms with E-state index < -0.39 is 0 Å². The molecule has 4 aromatic rings. The Balaban J connectivity index is 2.04. The molecule has 3 nitrogen and oxygen atoms in total. The molecule has 0 N–H and O–H groups in total. The lowest BCUT2D eigenvalue weighted by atomic mass is 9.92. The molecule has 0 spiro atoms. The summed E-state index contributed by atoms with van der Waals surface area (Å²) in [7, 11) is 0. The largest absolute Gasteiger partial charge is 0.369 e. The van der Waals surface area contributed by atoms with E-state index in [4.69, 9.17) is 0 Å². The van der Waals surface area contributed by atoms with E-state index in [-0.39, 0.29) is 0 Å². The zero-order valence-corrected chi connectivity index (χ0v) is 19.2. The first-order valence-corrected chi connectivity index (χ1v) is 11.3. The molecule has 0 aliphatic carbocycles. The van der Waals surface area contributed by atoms with Crippen LogP contribution < -0.4 is 9.47 Å². The van der Waals surface area contributed by atoms with Crippen molar-refractivity contribution in [3.63, 3.8) is 0 Å². The molecule has 0 unspecified atom stereocenters. The third-order valence-electron chi connectivity index (χ3n) is 6.21. The summed E-state index contributed by atoms with van der Waals surface area (Å²) in [5, 5.41) is 1.27. The number of hydrogen-bond donors (Lipinski definition) is 0. The Kier molecular flexibility index (Phi) is 5.55. The van der Waals surface area contributed by atoms with Crippen LogP contribution in [0.15, 0.2) is 61.1 Å². The minimum atomic E-state index is 0.470. The van der Waals surface area contributed by atoms with E-state index in [0.717, 1.165) is 13.1 Å². The number of hydrogen-bond acceptors (Lipinski definition) is 1. The maximum Gasteiger partial charge on any atom is 0.254 e. The highest BCUT2D eigenvalue weighted by molar-refractivity contribution is 5.93. The molecular weight excluding hydrogens is 366 g/mol. The highest BCUT2D eigenvalue weighted by Crippen LogP contribution is 2.30. The number of anilines is 1. The van der Waals surface area contributed by atoms with Crippen molar-refractivity contribution in [1.29, 1.82) is 0 Å². The first-order chi connectivity index (χ1) is 14.5. The highest BCUT2D eigenvalue weighted by atomic mass is 15.1. The smallest absolute Gasteiger partial charge is 0.254 e. The van der Waals surface area contributed by atoms with Crippen LogP contribution in [0.1, 0.15) is 64.5 Å². The Hall–Kier alpha value is -2.81. The van der Waals surface area contributed by atoms with Crippen molar-refractivity contribution in [3.8, 4) is 5.69 Å². The molecule has 0 fully saturated rings. The average Bonchev–Trinajstić information content (AvgIpc) is 3.18. The van der Waals surface area contributed by atoms with Crippen LogP contribution in [0.25, 0.3) is 22.1 Å². The SMILES string of the molecule is CCN(CC)c1cccc2ccc3c[n+](-c4c(C(C)C)cccc4C(C)C)cn3c12. The number of aromatic nitrogens is 2. The van der Waals surface area contributed by atoms with Gasteiger partial charge in [0.05, 0.1) is 5.69 Å². The normalized spacial score (nSPS) is 11.9. The zero-order valence-electron chi connectivity index (χ0n) is 19.2. The lowest BCUT2D eigenvalue weighted by molar-refractivity contribution is -0.595. The number of nitrogens with zero attached hydrogens (tertiary/aromatic N) is 3. The summed E-state index contributed by atoms with van der Waals surface area (Å²) >= 11 is 0. The first kappa shape index (κ1) is 20.5. The van der Waals surface area contributed by atoms with Gasteiger partial charge < -0.3 is 4.90 Å². The second kappa shape index (κ2) is 8.14. The molecular formula is C27H34N3+. The number of imidazole rings is 1. The number of rotatable bonds is 6. The second-order valence-electron chi connectivity index (χ2n) is 8.76. The third-order valence-corrected chi connectivity index (χ3v) is 6.21. The van der Waals surface area contributed by atoms with E-state index in [2.05, 4.69) is 116 Å². The Morgan fingerprint density at radius 1 is 0.833 bits per heavy atom. The van der Waals surface area contributed by atoms with E-state index >= 15 is 0 Å². The monoisotopic (exact) mass is 400 g/mol. The summed E-state index contributed by atoms with van der Waals surface area (Å²) in [4.78, 5) is 2.44. The third kappa shape index (κ3) is 3.36. The number of fused-ring (bicyclic) bond motifs is 3. The molecule has 30 heavy (non-hydrogen) atoms. The number of para-hydroxylation sites is 2. The van der Waals surface area contributed by atoms with Crippen LogP contribution in [0.4, 0.5) is 5.69 Å². The Labute approximate surface area is 180 Å². The molecule has 0 atom stereocenters. The summed E-state index contributed by atoms with van der Waals surface area (Å²) in [5.74, 6) is 0.939. The molecule has 0 aliphatic rings. The summed E-state index contributed by atoms with van der Waals surface area (Å²) in [6.07, 6.45) is 4.56. The molecule has 0 bridgehead atoms. The van der Waals surface area contributed by atoms with Gasteiger partial charge in [-0.25, -0.2) is 4.57 Å². The van der Waals surface area contributed by atoms with Gasteiger partial charge in [-0.15, -0.1) is 0 Å². The highest BCUT2D eigenvalue weighted by Gasteiger charge is 2.22. The molecule has 3 heteroatoms. The minimum absolute atomic E-state index is 0.470. The Bertz CT molecular complexity index is 1150. The Morgan fingerprint density at radius 3 is 2.07 bits per heavy atom. The van der Waals surface area contributed by atoms with Gasteiger partial charge in [0, 0.05) is 29.6 Å². The van der Waals surface area contributed by atoms with Crippen LogP contribution in [0.5, 0.6) is 0 Å². The summed E-state index contributed by atoms with van der Waals surface area (Å²) in [6, 6.07) is 17.9. The molecule has 156 valence electrons. The van der Waals surface area contributed by atoms with Gasteiger partial charge in [-0.1, -0.05) is 58.0 Å². The standard InChI is InChI=1S/C27H34N3/c1-7-28(8-2)25-14-9-11-21-15-16-22-17-29(18-30(22)26(21)25)27-23(19(3)4)12-10-13-24(27)20(5)6/h9-20H,7-8H2,1-6H3/q+1. The quantitative estimate of drug-likeness (QED) is 0.338. The fraction of sp³-hybridized carbons (Fsp3) is 0.370. The van der Waals surface area contributed by atoms with E-state index in [1.54, 1.807) is 0 Å². The predicted molar refractivity (Wildman–Crippen MR) is 128 cm³/mol. The van der Waals surface area contributed by atoms with Crippen molar-refractivity contribution in [3.05, 3.63) is 72.2 Å². The van der Waals surface area contributed by atoms with Crippen molar-refractivity contribution in [2.24, 2.45) is 0 Å². The van der Waals surface area contributed by atoms with Crippen molar-refractivity contribution < 1.29 is 4.57 Å². The second-order valence-corrected chi connectivity index (χ2v) is 8.76. The van der Waals surface area contributed by atoms with Gasteiger partial charge in [0.25, 0.3) is 6.33 Å². The van der Waals surface area contributed by atoms with E-state index in [1.165, 1.54) is 38.9 Å². The summed E-state index contributed by atoms with van der Waals surface area (Å²) < 4.78 is 4.71. The lowest BCUT2D eigenvalue weighted by Gasteiger charge is -2.21. The van der Waals surface area contributed by atoms with Crippen molar-refractivity contribution in [1.82, 2.24) is 4.40 Å². The van der Waals surface area contributed by atoms with Crippen molar-refractivity contribution in [2.45, 2.75) is 53.4 Å². The van der Waals surface area contributed by atoms with Crippen LogP contribution in [0.2, 0.25) is 0 Å². The van der Waals surface area contributed by atoms with Gasteiger partial charge in [0.2, 0.25) is 0 Å². The first-order valence-electron chi connectivity index (χ1n) is 11.3. The molecule has 0 saturated carbocycles. The topological polar surface area (TPSA) is 11.5 Å². The van der Waals surface area contributed by atoms with Gasteiger partial charge in [0.1, 0.15) is 11.9 Å². The van der Waals surface area contributed by atoms with Crippen LogP contribution in [0, 0.1) is 0 Å². The van der Waals surface area contributed by atoms with E-state index in [9.17, 15) is 0 Å². The summed E-state index contributed by atoms with van der Waals surface area (Å²) in [6.45, 7) is 15.6. The van der Waals surface area contributed by atoms with Crippen LogP contribution >= 0.6 is 0 Å². The number of pyridine rings is 1. The van der Waals surface area contributed by atoms with Gasteiger partial charge in [-0.05, 0) is 43.9 Å². The van der Waals surface area contributed by atoms with Crippen molar-refractivity contribution >= 4 is 22.1 Å².